The van der Waals surface area contributed by atoms with E-state index < -0.39 is 4.92 Å². The van der Waals surface area contributed by atoms with Gasteiger partial charge in [-0.2, -0.15) is 0 Å². The molecular weight excluding hydrogens is 270 g/mol. The van der Waals surface area contributed by atoms with Crippen molar-refractivity contribution in [1.82, 2.24) is 4.90 Å². The number of nitrogens with zero attached hydrogens (tertiary/aromatic N) is 2. The fraction of sp³-hybridized carbons (Fsp3) is 0.533. The van der Waals surface area contributed by atoms with Gasteiger partial charge in [0.2, 0.25) is 0 Å². The van der Waals surface area contributed by atoms with Crippen LogP contribution in [0.4, 0.5) is 11.4 Å². The zero-order chi connectivity index (χ0) is 16.0. The number of hydrogen-bond donors (Lipinski definition) is 1. The zero-order valence-corrected chi connectivity index (χ0v) is 13.0. The number of rotatable bonds is 7. The number of carbonyl (C=O) groups excluding carboxylic acids is 1. The molecule has 0 fully saturated rings. The highest BCUT2D eigenvalue weighted by Crippen LogP contribution is 2.29. The molecule has 0 aliphatic rings. The average molecular weight is 293 g/mol. The summed E-state index contributed by atoms with van der Waals surface area (Å²) in [6.45, 7) is 7.15. The Hall–Kier alpha value is -2.11. The van der Waals surface area contributed by atoms with Crippen LogP contribution in [-0.4, -0.2) is 35.9 Å². The first-order valence-electron chi connectivity index (χ1n) is 7.20. The molecule has 0 spiro atoms. The van der Waals surface area contributed by atoms with Gasteiger partial charge in [-0.25, -0.2) is 0 Å². The maximum absolute atomic E-state index is 12.6. The number of nitrogens with one attached hydrogen (secondary N) is 1. The van der Waals surface area contributed by atoms with Crippen LogP contribution >= 0.6 is 0 Å². The fourth-order valence-electron chi connectivity index (χ4n) is 2.15. The highest BCUT2D eigenvalue weighted by molar-refractivity contribution is 6.00. The van der Waals surface area contributed by atoms with Crippen molar-refractivity contribution >= 4 is 17.3 Å². The van der Waals surface area contributed by atoms with Crippen LogP contribution in [0.2, 0.25) is 0 Å². The molecule has 6 nitrogen and oxygen atoms in total. The Kier molecular flexibility index (Phi) is 6.14. The van der Waals surface area contributed by atoms with Crippen LogP contribution in [0.3, 0.4) is 0 Å². The standard InChI is InChI=1S/C15H23N3O3/c1-5-11(3)10-17(6-2)15(19)12-8-7-9-13(16-4)14(12)18(20)21/h7-9,11,16H,5-6,10H2,1-4H3. The van der Waals surface area contributed by atoms with Crippen LogP contribution in [0, 0.1) is 16.0 Å². The van der Waals surface area contributed by atoms with E-state index in [0.29, 0.717) is 24.7 Å². The van der Waals surface area contributed by atoms with Gasteiger partial charge < -0.3 is 10.2 Å². The van der Waals surface area contributed by atoms with Gasteiger partial charge in [0.05, 0.1) is 4.92 Å². The van der Waals surface area contributed by atoms with Crippen molar-refractivity contribution in [3.8, 4) is 0 Å². The van der Waals surface area contributed by atoms with Crippen LogP contribution in [-0.2, 0) is 0 Å². The molecule has 1 aromatic carbocycles. The van der Waals surface area contributed by atoms with Crippen LogP contribution in [0.5, 0.6) is 0 Å². The lowest BCUT2D eigenvalue weighted by Gasteiger charge is -2.24. The summed E-state index contributed by atoms with van der Waals surface area (Å²) in [4.78, 5) is 25.1. The Bertz CT molecular complexity index is 517. The number of nitro groups is 1. The predicted molar refractivity (Wildman–Crippen MR) is 83.7 cm³/mol. The maximum Gasteiger partial charge on any atom is 0.305 e. The van der Waals surface area contributed by atoms with E-state index in [2.05, 4.69) is 19.2 Å². The summed E-state index contributed by atoms with van der Waals surface area (Å²) in [6, 6.07) is 4.77. The molecule has 0 aromatic heterocycles. The smallest absolute Gasteiger partial charge is 0.305 e. The molecule has 0 aliphatic carbocycles. The largest absolute Gasteiger partial charge is 0.383 e. The molecule has 0 saturated heterocycles. The Balaban J connectivity index is 3.19. The number of hydrogen-bond acceptors (Lipinski definition) is 4. The van der Waals surface area contributed by atoms with Crippen molar-refractivity contribution in [2.75, 3.05) is 25.5 Å². The number of para-hydroxylation sites is 1. The molecule has 0 saturated carbocycles. The second-order valence-corrected chi connectivity index (χ2v) is 5.07. The first-order valence-corrected chi connectivity index (χ1v) is 7.20. The van der Waals surface area contributed by atoms with E-state index in [1.165, 1.54) is 6.07 Å². The molecule has 21 heavy (non-hydrogen) atoms. The van der Waals surface area contributed by atoms with Crippen LogP contribution in [0.15, 0.2) is 18.2 Å². The molecule has 1 unspecified atom stereocenters. The van der Waals surface area contributed by atoms with Gasteiger partial charge in [0.15, 0.2) is 0 Å². The molecule has 6 heteroatoms. The van der Waals surface area contributed by atoms with E-state index in [4.69, 9.17) is 0 Å². The number of anilines is 1. The normalized spacial score (nSPS) is 11.8. The van der Waals surface area contributed by atoms with E-state index in [1.54, 1.807) is 24.1 Å². The van der Waals surface area contributed by atoms with Crippen LogP contribution in [0.25, 0.3) is 0 Å². The highest BCUT2D eigenvalue weighted by atomic mass is 16.6. The molecular formula is C15H23N3O3. The molecule has 0 aliphatic heterocycles. The summed E-state index contributed by atoms with van der Waals surface area (Å²) < 4.78 is 0. The molecule has 116 valence electrons. The number of carbonyl (C=O) groups is 1. The van der Waals surface area contributed by atoms with Gasteiger partial charge in [0, 0.05) is 20.1 Å². The minimum Gasteiger partial charge on any atom is -0.383 e. The summed E-state index contributed by atoms with van der Waals surface area (Å²) in [6.07, 6.45) is 0.961. The zero-order valence-electron chi connectivity index (χ0n) is 13.0. The molecule has 1 atom stereocenters. The van der Waals surface area contributed by atoms with Gasteiger partial charge in [0.25, 0.3) is 5.91 Å². The van der Waals surface area contributed by atoms with Gasteiger partial charge in [-0.15, -0.1) is 0 Å². The molecule has 0 heterocycles. The first-order chi connectivity index (χ1) is 9.96. The van der Waals surface area contributed by atoms with Crippen LogP contribution < -0.4 is 5.32 Å². The Morgan fingerprint density at radius 1 is 1.43 bits per heavy atom. The lowest BCUT2D eigenvalue weighted by molar-refractivity contribution is -0.384. The van der Waals surface area contributed by atoms with Crippen molar-refractivity contribution in [2.24, 2.45) is 5.92 Å². The monoisotopic (exact) mass is 293 g/mol. The van der Waals surface area contributed by atoms with E-state index in [-0.39, 0.29) is 17.2 Å². The fourth-order valence-corrected chi connectivity index (χ4v) is 2.15. The van der Waals surface area contributed by atoms with Crippen molar-refractivity contribution in [2.45, 2.75) is 27.2 Å². The molecule has 1 amide bonds. The summed E-state index contributed by atoms with van der Waals surface area (Å²) in [5.41, 5.74) is 0.329. The minimum atomic E-state index is -0.504. The molecule has 0 bridgehead atoms. The Morgan fingerprint density at radius 3 is 2.57 bits per heavy atom. The van der Waals surface area contributed by atoms with E-state index in [1.807, 2.05) is 6.92 Å². The van der Waals surface area contributed by atoms with Gasteiger partial charge in [-0.1, -0.05) is 26.3 Å². The second kappa shape index (κ2) is 7.61. The maximum atomic E-state index is 12.6. The molecule has 1 rings (SSSR count). The lowest BCUT2D eigenvalue weighted by Crippen LogP contribution is -2.35. The van der Waals surface area contributed by atoms with E-state index in [0.717, 1.165) is 6.42 Å². The molecule has 0 radical (unpaired) electrons. The average Bonchev–Trinajstić information content (AvgIpc) is 2.50. The third-order valence-corrected chi connectivity index (χ3v) is 3.62. The number of nitro benzene ring substituents is 1. The topological polar surface area (TPSA) is 75.5 Å². The van der Waals surface area contributed by atoms with Crippen molar-refractivity contribution < 1.29 is 9.72 Å². The van der Waals surface area contributed by atoms with E-state index >= 15 is 0 Å². The lowest BCUT2D eigenvalue weighted by atomic mass is 10.1. The summed E-state index contributed by atoms with van der Waals surface area (Å²) >= 11 is 0. The van der Waals surface area contributed by atoms with E-state index in [9.17, 15) is 14.9 Å². The number of benzene rings is 1. The van der Waals surface area contributed by atoms with Gasteiger partial charge in [-0.3, -0.25) is 14.9 Å². The quantitative estimate of drug-likeness (QED) is 0.619. The first kappa shape index (κ1) is 16.9. The second-order valence-electron chi connectivity index (χ2n) is 5.07. The van der Waals surface area contributed by atoms with Crippen molar-refractivity contribution in [1.29, 1.82) is 0 Å². The SMILES string of the molecule is CCC(C)CN(CC)C(=O)c1cccc(NC)c1[N+](=O)[O-]. The summed E-state index contributed by atoms with van der Waals surface area (Å²) in [7, 11) is 1.60. The Labute approximate surface area is 125 Å². The predicted octanol–water partition coefficient (Wildman–Crippen LogP) is 3.14. The third kappa shape index (κ3) is 3.93. The molecule has 1 aromatic rings. The summed E-state index contributed by atoms with van der Waals surface area (Å²) in [5, 5.41) is 14.1. The van der Waals surface area contributed by atoms with Gasteiger partial charge in [-0.05, 0) is 25.0 Å². The van der Waals surface area contributed by atoms with Crippen LogP contribution in [0.1, 0.15) is 37.6 Å². The summed E-state index contributed by atoms with van der Waals surface area (Å²) in [5.74, 6) is 0.0713. The van der Waals surface area contributed by atoms with Gasteiger partial charge in [0.1, 0.15) is 11.3 Å². The Morgan fingerprint density at radius 2 is 2.10 bits per heavy atom. The van der Waals surface area contributed by atoms with Crippen molar-refractivity contribution in [3.05, 3.63) is 33.9 Å². The number of amides is 1. The third-order valence-electron chi connectivity index (χ3n) is 3.62. The van der Waals surface area contributed by atoms with Gasteiger partial charge >= 0.3 is 5.69 Å². The highest BCUT2D eigenvalue weighted by Gasteiger charge is 2.27. The minimum absolute atomic E-state index is 0.136. The van der Waals surface area contributed by atoms with Crippen molar-refractivity contribution in [3.63, 3.8) is 0 Å². The molecule has 1 N–H and O–H groups in total.